The third-order valence-corrected chi connectivity index (χ3v) is 2.49. The molecule has 0 saturated carbocycles. The van der Waals surface area contributed by atoms with Gasteiger partial charge in [-0.1, -0.05) is 29.3 Å². The standard InChI is InChI=1S/C14H23NO2/c1-12-8-13(2)10-14(9-12)11-15-4-3-6-17-7-5-16/h8-10,15-16H,3-7,11H2,1-2H3. The number of benzene rings is 1. The molecule has 96 valence electrons. The van der Waals surface area contributed by atoms with Gasteiger partial charge in [-0.2, -0.15) is 0 Å². The van der Waals surface area contributed by atoms with Crippen molar-refractivity contribution in [3.05, 3.63) is 34.9 Å². The summed E-state index contributed by atoms with van der Waals surface area (Å²) in [5.74, 6) is 0. The molecule has 3 nitrogen and oxygen atoms in total. The van der Waals surface area contributed by atoms with E-state index in [2.05, 4.69) is 37.4 Å². The number of rotatable bonds is 8. The van der Waals surface area contributed by atoms with Crippen LogP contribution in [0.15, 0.2) is 18.2 Å². The highest BCUT2D eigenvalue weighted by Gasteiger charge is 1.95. The molecule has 0 fully saturated rings. The van der Waals surface area contributed by atoms with Crippen molar-refractivity contribution in [2.24, 2.45) is 0 Å². The molecule has 17 heavy (non-hydrogen) atoms. The van der Waals surface area contributed by atoms with Gasteiger partial charge in [0.15, 0.2) is 0 Å². The summed E-state index contributed by atoms with van der Waals surface area (Å²) in [4.78, 5) is 0. The first-order valence-electron chi connectivity index (χ1n) is 6.19. The average molecular weight is 237 g/mol. The van der Waals surface area contributed by atoms with Crippen LogP contribution in [0.1, 0.15) is 23.1 Å². The van der Waals surface area contributed by atoms with Gasteiger partial charge in [-0.05, 0) is 32.4 Å². The zero-order chi connectivity index (χ0) is 12.5. The summed E-state index contributed by atoms with van der Waals surface area (Å²) in [5.41, 5.74) is 3.96. The minimum Gasteiger partial charge on any atom is -0.394 e. The first-order chi connectivity index (χ1) is 8.22. The Morgan fingerprint density at radius 3 is 2.47 bits per heavy atom. The Balaban J connectivity index is 2.13. The first-order valence-corrected chi connectivity index (χ1v) is 6.19. The van der Waals surface area contributed by atoms with Crippen LogP contribution >= 0.6 is 0 Å². The molecule has 1 rings (SSSR count). The van der Waals surface area contributed by atoms with Crippen LogP contribution in [0, 0.1) is 13.8 Å². The molecule has 0 saturated heterocycles. The summed E-state index contributed by atoms with van der Waals surface area (Å²) in [5, 5.41) is 11.9. The summed E-state index contributed by atoms with van der Waals surface area (Å²) < 4.78 is 5.18. The maximum Gasteiger partial charge on any atom is 0.0697 e. The van der Waals surface area contributed by atoms with Crippen molar-refractivity contribution in [1.29, 1.82) is 0 Å². The van der Waals surface area contributed by atoms with Crippen molar-refractivity contribution in [2.75, 3.05) is 26.4 Å². The zero-order valence-electron chi connectivity index (χ0n) is 10.8. The highest BCUT2D eigenvalue weighted by molar-refractivity contribution is 5.28. The lowest BCUT2D eigenvalue weighted by Gasteiger charge is -2.07. The predicted octanol–water partition coefficient (Wildman–Crippen LogP) is 1.79. The number of ether oxygens (including phenoxy) is 1. The molecular weight excluding hydrogens is 214 g/mol. The third-order valence-electron chi connectivity index (χ3n) is 2.49. The van der Waals surface area contributed by atoms with Gasteiger partial charge in [-0.3, -0.25) is 0 Å². The van der Waals surface area contributed by atoms with E-state index in [9.17, 15) is 0 Å². The van der Waals surface area contributed by atoms with E-state index in [0.717, 1.165) is 19.5 Å². The second-order valence-corrected chi connectivity index (χ2v) is 4.36. The van der Waals surface area contributed by atoms with E-state index in [1.165, 1.54) is 16.7 Å². The second-order valence-electron chi connectivity index (χ2n) is 4.36. The van der Waals surface area contributed by atoms with Crippen molar-refractivity contribution < 1.29 is 9.84 Å². The van der Waals surface area contributed by atoms with Gasteiger partial charge in [-0.15, -0.1) is 0 Å². The van der Waals surface area contributed by atoms with Crippen molar-refractivity contribution in [3.8, 4) is 0 Å². The van der Waals surface area contributed by atoms with Crippen LogP contribution in [0.2, 0.25) is 0 Å². The Morgan fingerprint density at radius 2 is 1.82 bits per heavy atom. The van der Waals surface area contributed by atoms with Gasteiger partial charge in [0.2, 0.25) is 0 Å². The Bertz CT molecular complexity index is 306. The van der Waals surface area contributed by atoms with Crippen LogP contribution in [-0.2, 0) is 11.3 Å². The molecule has 3 heteroatoms. The number of hydrogen-bond acceptors (Lipinski definition) is 3. The summed E-state index contributed by atoms with van der Waals surface area (Å²) in [6, 6.07) is 6.61. The van der Waals surface area contributed by atoms with Crippen LogP contribution in [0.5, 0.6) is 0 Å². The number of nitrogens with one attached hydrogen (secondary N) is 1. The van der Waals surface area contributed by atoms with Crippen molar-refractivity contribution in [1.82, 2.24) is 5.32 Å². The highest BCUT2D eigenvalue weighted by atomic mass is 16.5. The normalized spacial score (nSPS) is 10.8. The number of aryl methyl sites for hydroxylation is 2. The van der Waals surface area contributed by atoms with Crippen molar-refractivity contribution in [2.45, 2.75) is 26.8 Å². The fourth-order valence-corrected chi connectivity index (χ4v) is 1.87. The minimum absolute atomic E-state index is 0.107. The molecule has 0 aliphatic carbocycles. The molecule has 0 amide bonds. The average Bonchev–Trinajstić information content (AvgIpc) is 2.26. The van der Waals surface area contributed by atoms with E-state index in [4.69, 9.17) is 9.84 Å². The molecule has 0 unspecified atom stereocenters. The van der Waals surface area contributed by atoms with E-state index in [1.807, 2.05) is 0 Å². The molecule has 0 aliphatic heterocycles. The molecule has 2 N–H and O–H groups in total. The van der Waals surface area contributed by atoms with Crippen LogP contribution in [0.3, 0.4) is 0 Å². The lowest BCUT2D eigenvalue weighted by Crippen LogP contribution is -2.17. The molecule has 0 spiro atoms. The highest BCUT2D eigenvalue weighted by Crippen LogP contribution is 2.08. The topological polar surface area (TPSA) is 41.5 Å². The van der Waals surface area contributed by atoms with Gasteiger partial charge in [0.05, 0.1) is 13.2 Å². The lowest BCUT2D eigenvalue weighted by atomic mass is 10.1. The van der Waals surface area contributed by atoms with Gasteiger partial charge in [0.25, 0.3) is 0 Å². The van der Waals surface area contributed by atoms with Gasteiger partial charge in [0.1, 0.15) is 0 Å². The summed E-state index contributed by atoms with van der Waals surface area (Å²) in [6.45, 7) is 7.35. The van der Waals surface area contributed by atoms with Gasteiger partial charge in [0, 0.05) is 13.2 Å². The summed E-state index contributed by atoms with van der Waals surface area (Å²) in [7, 11) is 0. The third kappa shape index (κ3) is 6.41. The number of aliphatic hydroxyl groups is 1. The second kappa shape index (κ2) is 8.23. The molecule has 0 aromatic heterocycles. The van der Waals surface area contributed by atoms with Crippen LogP contribution in [0.4, 0.5) is 0 Å². The fraction of sp³-hybridized carbons (Fsp3) is 0.571. The molecule has 1 aromatic carbocycles. The maximum absolute atomic E-state index is 8.53. The largest absolute Gasteiger partial charge is 0.394 e. The Hall–Kier alpha value is -0.900. The van der Waals surface area contributed by atoms with Crippen LogP contribution < -0.4 is 5.32 Å². The van der Waals surface area contributed by atoms with Gasteiger partial charge >= 0.3 is 0 Å². The van der Waals surface area contributed by atoms with Crippen molar-refractivity contribution in [3.63, 3.8) is 0 Å². The SMILES string of the molecule is Cc1cc(C)cc(CNCCCOCCO)c1. The Kier molecular flexibility index (Phi) is 6.86. The molecule has 0 atom stereocenters. The van der Waals surface area contributed by atoms with E-state index in [0.29, 0.717) is 13.2 Å². The molecule has 0 heterocycles. The summed E-state index contributed by atoms with van der Waals surface area (Å²) >= 11 is 0. The maximum atomic E-state index is 8.53. The zero-order valence-corrected chi connectivity index (χ0v) is 10.8. The fourth-order valence-electron chi connectivity index (χ4n) is 1.87. The molecule has 0 radical (unpaired) electrons. The number of hydrogen-bond donors (Lipinski definition) is 2. The van der Waals surface area contributed by atoms with E-state index in [-0.39, 0.29) is 6.61 Å². The Labute approximate surface area is 104 Å². The quantitative estimate of drug-likeness (QED) is 0.677. The molecule has 0 bridgehead atoms. The Morgan fingerprint density at radius 1 is 1.12 bits per heavy atom. The molecular formula is C14H23NO2. The van der Waals surface area contributed by atoms with Crippen molar-refractivity contribution >= 4 is 0 Å². The number of aliphatic hydroxyl groups excluding tert-OH is 1. The van der Waals surface area contributed by atoms with Gasteiger partial charge in [-0.25, -0.2) is 0 Å². The lowest BCUT2D eigenvalue weighted by molar-refractivity contribution is 0.0907. The van der Waals surface area contributed by atoms with Crippen LogP contribution in [-0.4, -0.2) is 31.5 Å². The first kappa shape index (κ1) is 14.2. The molecule has 0 aliphatic rings. The summed E-state index contributed by atoms with van der Waals surface area (Å²) in [6.07, 6.45) is 0.977. The minimum atomic E-state index is 0.107. The van der Waals surface area contributed by atoms with E-state index < -0.39 is 0 Å². The molecule has 1 aromatic rings. The van der Waals surface area contributed by atoms with E-state index in [1.54, 1.807) is 0 Å². The van der Waals surface area contributed by atoms with Crippen LogP contribution in [0.25, 0.3) is 0 Å². The van der Waals surface area contributed by atoms with Gasteiger partial charge < -0.3 is 15.2 Å². The predicted molar refractivity (Wildman–Crippen MR) is 70.1 cm³/mol. The monoisotopic (exact) mass is 237 g/mol. The smallest absolute Gasteiger partial charge is 0.0697 e. The van der Waals surface area contributed by atoms with E-state index >= 15 is 0 Å².